The molecule has 1 amide bonds. The maximum absolute atomic E-state index is 12.6. The van der Waals surface area contributed by atoms with Gasteiger partial charge in [0.15, 0.2) is 0 Å². The van der Waals surface area contributed by atoms with Crippen molar-refractivity contribution in [2.24, 2.45) is 5.92 Å². The number of carbonyl (C=O) groups is 1. The molecular weight excluding hydrogens is 290 g/mol. The van der Waals surface area contributed by atoms with Crippen LogP contribution in [-0.2, 0) is 6.54 Å². The summed E-state index contributed by atoms with van der Waals surface area (Å²) in [5.74, 6) is 1.43. The summed E-state index contributed by atoms with van der Waals surface area (Å²) < 4.78 is 1.98. The van der Waals surface area contributed by atoms with Gasteiger partial charge in [-0.05, 0) is 45.1 Å². The molecule has 1 aliphatic rings. The molecule has 122 valence electrons. The number of hydrogen-bond donors (Lipinski definition) is 0. The molecule has 3 rings (SSSR count). The van der Waals surface area contributed by atoms with Gasteiger partial charge in [0.1, 0.15) is 5.82 Å². The molecule has 0 unspecified atom stereocenters. The Morgan fingerprint density at radius 2 is 2.09 bits per heavy atom. The van der Waals surface area contributed by atoms with E-state index in [4.69, 9.17) is 0 Å². The van der Waals surface area contributed by atoms with Crippen LogP contribution in [0, 0.1) is 19.8 Å². The van der Waals surface area contributed by atoms with E-state index in [2.05, 4.69) is 15.1 Å². The normalized spacial score (nSPS) is 15.8. The molecule has 0 radical (unpaired) electrons. The van der Waals surface area contributed by atoms with E-state index in [0.29, 0.717) is 17.3 Å². The molecule has 0 spiro atoms. The standard InChI is InChI=1S/C17H23N5O/c1-13-16(12-18-14(2)20-13)17(23)21-9-4-15(5-10-21)6-11-22-8-3-7-19-22/h3,7-8,12,15H,4-6,9-11H2,1-2H3. The number of carbonyl (C=O) groups excluding carboxylic acids is 1. The summed E-state index contributed by atoms with van der Waals surface area (Å²) in [5, 5.41) is 4.24. The van der Waals surface area contributed by atoms with E-state index < -0.39 is 0 Å². The van der Waals surface area contributed by atoms with Crippen molar-refractivity contribution in [1.82, 2.24) is 24.6 Å². The van der Waals surface area contributed by atoms with Crippen molar-refractivity contribution in [2.45, 2.75) is 39.7 Å². The summed E-state index contributed by atoms with van der Waals surface area (Å²) in [5.41, 5.74) is 1.40. The van der Waals surface area contributed by atoms with Gasteiger partial charge < -0.3 is 4.90 Å². The van der Waals surface area contributed by atoms with E-state index >= 15 is 0 Å². The van der Waals surface area contributed by atoms with Crippen LogP contribution in [0.4, 0.5) is 0 Å². The lowest BCUT2D eigenvalue weighted by Crippen LogP contribution is -2.39. The van der Waals surface area contributed by atoms with E-state index in [9.17, 15) is 4.79 Å². The van der Waals surface area contributed by atoms with Crippen LogP contribution in [0.1, 0.15) is 41.1 Å². The van der Waals surface area contributed by atoms with Gasteiger partial charge in [0.25, 0.3) is 5.91 Å². The van der Waals surface area contributed by atoms with Crippen molar-refractivity contribution in [3.8, 4) is 0 Å². The molecule has 0 aliphatic carbocycles. The molecule has 0 aromatic carbocycles. The molecule has 2 aromatic rings. The van der Waals surface area contributed by atoms with Gasteiger partial charge in [0.05, 0.1) is 11.3 Å². The zero-order valence-electron chi connectivity index (χ0n) is 13.8. The van der Waals surface area contributed by atoms with Crippen molar-refractivity contribution >= 4 is 5.91 Å². The predicted molar refractivity (Wildman–Crippen MR) is 87.0 cm³/mol. The Bertz CT molecular complexity index is 660. The SMILES string of the molecule is Cc1ncc(C(=O)N2CCC(CCn3cccn3)CC2)c(C)n1. The molecule has 1 aliphatic heterocycles. The number of aromatic nitrogens is 4. The second kappa shape index (κ2) is 6.89. The highest BCUT2D eigenvalue weighted by atomic mass is 16.2. The quantitative estimate of drug-likeness (QED) is 0.868. The third kappa shape index (κ3) is 3.75. The number of amides is 1. The van der Waals surface area contributed by atoms with Gasteiger partial charge in [-0.3, -0.25) is 9.48 Å². The Hall–Kier alpha value is -2.24. The summed E-state index contributed by atoms with van der Waals surface area (Å²) >= 11 is 0. The number of nitrogens with zero attached hydrogens (tertiary/aromatic N) is 5. The summed E-state index contributed by atoms with van der Waals surface area (Å²) in [6, 6.07) is 1.95. The topological polar surface area (TPSA) is 63.9 Å². The highest BCUT2D eigenvalue weighted by Gasteiger charge is 2.25. The monoisotopic (exact) mass is 313 g/mol. The highest BCUT2D eigenvalue weighted by molar-refractivity contribution is 5.94. The first-order valence-corrected chi connectivity index (χ1v) is 8.20. The molecule has 3 heterocycles. The molecule has 23 heavy (non-hydrogen) atoms. The molecule has 0 atom stereocenters. The largest absolute Gasteiger partial charge is 0.339 e. The van der Waals surface area contributed by atoms with Crippen LogP contribution in [0.3, 0.4) is 0 Å². The maximum Gasteiger partial charge on any atom is 0.257 e. The third-order valence-electron chi connectivity index (χ3n) is 4.56. The van der Waals surface area contributed by atoms with Crippen LogP contribution in [-0.4, -0.2) is 43.6 Å². The molecule has 1 saturated heterocycles. The van der Waals surface area contributed by atoms with Gasteiger partial charge in [-0.15, -0.1) is 0 Å². The predicted octanol–water partition coefficient (Wildman–Crippen LogP) is 2.23. The summed E-state index contributed by atoms with van der Waals surface area (Å²) in [7, 11) is 0. The minimum absolute atomic E-state index is 0.0630. The first-order valence-electron chi connectivity index (χ1n) is 8.20. The lowest BCUT2D eigenvalue weighted by molar-refractivity contribution is 0.0682. The van der Waals surface area contributed by atoms with Crippen LogP contribution in [0.2, 0.25) is 0 Å². The molecule has 0 N–H and O–H groups in total. The first kappa shape index (κ1) is 15.6. The molecule has 6 nitrogen and oxygen atoms in total. The van der Waals surface area contributed by atoms with Gasteiger partial charge >= 0.3 is 0 Å². The average Bonchev–Trinajstić information content (AvgIpc) is 3.06. The van der Waals surface area contributed by atoms with E-state index in [1.165, 1.54) is 0 Å². The van der Waals surface area contributed by atoms with E-state index in [1.54, 1.807) is 6.20 Å². The summed E-state index contributed by atoms with van der Waals surface area (Å²) in [6.45, 7) is 6.30. The van der Waals surface area contributed by atoms with Crippen LogP contribution in [0.25, 0.3) is 0 Å². The highest BCUT2D eigenvalue weighted by Crippen LogP contribution is 2.22. The Morgan fingerprint density at radius 3 is 2.74 bits per heavy atom. The van der Waals surface area contributed by atoms with Gasteiger partial charge in [-0.1, -0.05) is 0 Å². The average molecular weight is 313 g/mol. The second-order valence-corrected chi connectivity index (χ2v) is 6.21. The lowest BCUT2D eigenvalue weighted by atomic mass is 9.93. The molecule has 0 saturated carbocycles. The molecule has 0 bridgehead atoms. The second-order valence-electron chi connectivity index (χ2n) is 6.21. The van der Waals surface area contributed by atoms with Gasteiger partial charge in [0, 0.05) is 38.2 Å². The number of aryl methyl sites for hydroxylation is 3. The lowest BCUT2D eigenvalue weighted by Gasteiger charge is -2.32. The number of hydrogen-bond acceptors (Lipinski definition) is 4. The maximum atomic E-state index is 12.6. The molecule has 2 aromatic heterocycles. The minimum Gasteiger partial charge on any atom is -0.339 e. The third-order valence-corrected chi connectivity index (χ3v) is 4.56. The van der Waals surface area contributed by atoms with E-state index in [1.807, 2.05) is 41.9 Å². The Labute approximate surface area is 136 Å². The van der Waals surface area contributed by atoms with Crippen molar-refractivity contribution in [3.05, 3.63) is 41.7 Å². The van der Waals surface area contributed by atoms with Gasteiger partial charge in [0.2, 0.25) is 0 Å². The Kier molecular flexibility index (Phi) is 4.69. The Morgan fingerprint density at radius 1 is 1.30 bits per heavy atom. The molecular formula is C17H23N5O. The first-order chi connectivity index (χ1) is 11.1. The van der Waals surface area contributed by atoms with Gasteiger partial charge in [-0.25, -0.2) is 9.97 Å². The van der Waals surface area contributed by atoms with E-state index in [0.717, 1.165) is 44.6 Å². The number of rotatable bonds is 4. The summed E-state index contributed by atoms with van der Waals surface area (Å²) in [4.78, 5) is 23.0. The van der Waals surface area contributed by atoms with Crippen LogP contribution in [0.5, 0.6) is 0 Å². The fourth-order valence-electron chi connectivity index (χ4n) is 3.14. The van der Waals surface area contributed by atoms with Crippen molar-refractivity contribution in [3.63, 3.8) is 0 Å². The van der Waals surface area contributed by atoms with Crippen LogP contribution < -0.4 is 0 Å². The van der Waals surface area contributed by atoms with Crippen molar-refractivity contribution < 1.29 is 4.79 Å². The fourth-order valence-corrected chi connectivity index (χ4v) is 3.14. The molecule has 1 fully saturated rings. The number of likely N-dealkylation sites (tertiary alicyclic amines) is 1. The van der Waals surface area contributed by atoms with Crippen LogP contribution >= 0.6 is 0 Å². The van der Waals surface area contributed by atoms with Crippen LogP contribution in [0.15, 0.2) is 24.7 Å². The Balaban J connectivity index is 1.53. The summed E-state index contributed by atoms with van der Waals surface area (Å²) in [6.07, 6.45) is 8.70. The zero-order chi connectivity index (χ0) is 16.2. The van der Waals surface area contributed by atoms with E-state index in [-0.39, 0.29) is 5.91 Å². The zero-order valence-corrected chi connectivity index (χ0v) is 13.8. The molecule has 6 heteroatoms. The van der Waals surface area contributed by atoms with Crippen molar-refractivity contribution in [1.29, 1.82) is 0 Å². The van der Waals surface area contributed by atoms with Gasteiger partial charge in [-0.2, -0.15) is 5.10 Å². The minimum atomic E-state index is 0.0630. The fraction of sp³-hybridized carbons (Fsp3) is 0.529. The van der Waals surface area contributed by atoms with Crippen molar-refractivity contribution in [2.75, 3.05) is 13.1 Å². The number of piperidine rings is 1. The smallest absolute Gasteiger partial charge is 0.257 e.